The summed E-state index contributed by atoms with van der Waals surface area (Å²) in [4.78, 5) is 26.0. The second kappa shape index (κ2) is 12.2. The summed E-state index contributed by atoms with van der Waals surface area (Å²) in [6.07, 6.45) is 3.99. The molecule has 0 aromatic heterocycles. The van der Waals surface area contributed by atoms with Gasteiger partial charge in [0.15, 0.2) is 11.5 Å². The lowest BCUT2D eigenvalue weighted by molar-refractivity contribution is -0.368. The fraction of sp³-hybridized carbons (Fsp3) is 0.600. The van der Waals surface area contributed by atoms with Crippen molar-refractivity contribution in [3.05, 3.63) is 23.8 Å². The fourth-order valence-electron chi connectivity index (χ4n) is 2.79. The molecule has 27 heavy (non-hydrogen) atoms. The van der Waals surface area contributed by atoms with E-state index in [1.165, 1.54) is 0 Å². The van der Waals surface area contributed by atoms with Crippen LogP contribution in [0.3, 0.4) is 0 Å². The lowest BCUT2D eigenvalue weighted by Gasteiger charge is -2.22. The minimum atomic E-state index is -0.527. The number of methoxy groups -OCH3 is 2. The van der Waals surface area contributed by atoms with Crippen LogP contribution in [0.25, 0.3) is 0 Å². The van der Waals surface area contributed by atoms with Crippen molar-refractivity contribution in [2.24, 2.45) is 0 Å². The Balaban J connectivity index is 2.45. The van der Waals surface area contributed by atoms with E-state index in [0.717, 1.165) is 31.4 Å². The number of unbranched alkanes of at least 4 members (excludes halogenated alkanes) is 2. The van der Waals surface area contributed by atoms with E-state index in [2.05, 4.69) is 11.1 Å². The van der Waals surface area contributed by atoms with Gasteiger partial charge >= 0.3 is 0 Å². The Labute approximate surface area is 162 Å². The van der Waals surface area contributed by atoms with Gasteiger partial charge in [0, 0.05) is 20.0 Å². The number of ether oxygens (including phenoxy) is 2. The zero-order valence-corrected chi connectivity index (χ0v) is 17.0. The highest BCUT2D eigenvalue weighted by Crippen LogP contribution is 2.27. The molecule has 7 heteroatoms. The number of benzene rings is 1. The summed E-state index contributed by atoms with van der Waals surface area (Å²) in [5, 5.41) is 2.79. The molecule has 0 aliphatic rings. The number of amides is 2. The van der Waals surface area contributed by atoms with Crippen molar-refractivity contribution in [1.29, 1.82) is 0 Å². The van der Waals surface area contributed by atoms with Crippen LogP contribution in [0.5, 0.6) is 11.5 Å². The van der Waals surface area contributed by atoms with Crippen LogP contribution >= 0.6 is 0 Å². The highest BCUT2D eigenvalue weighted by molar-refractivity contribution is 5.87. The average Bonchev–Trinajstić information content (AvgIpc) is 2.68. The van der Waals surface area contributed by atoms with Crippen LogP contribution in [0, 0.1) is 0 Å². The predicted octanol–water partition coefficient (Wildman–Crippen LogP) is 1.01. The maximum absolute atomic E-state index is 12.5. The third-order valence-electron chi connectivity index (χ3n) is 4.46. The number of hydrogen-bond donors (Lipinski definition) is 2. The number of nitrogens with zero attached hydrogens (tertiary/aromatic N) is 1. The minimum absolute atomic E-state index is 0.0757. The molecule has 0 saturated carbocycles. The molecule has 0 heterocycles. The van der Waals surface area contributed by atoms with E-state index >= 15 is 0 Å². The van der Waals surface area contributed by atoms with Gasteiger partial charge < -0.3 is 25.4 Å². The zero-order valence-electron chi connectivity index (χ0n) is 17.0. The SMILES string of the molecule is COc1ccc(CCN(C)C(=O)[C@@H](C)NC(=O)CCCCC[NH3+])cc1OC. The van der Waals surface area contributed by atoms with Gasteiger partial charge in [-0.3, -0.25) is 9.59 Å². The van der Waals surface area contributed by atoms with Crippen molar-refractivity contribution in [3.8, 4) is 11.5 Å². The maximum Gasteiger partial charge on any atom is 0.244 e. The second-order valence-electron chi connectivity index (χ2n) is 6.65. The number of carbonyl (C=O) groups excluding carboxylic acids is 2. The first-order valence-electron chi connectivity index (χ1n) is 9.47. The summed E-state index contributed by atoms with van der Waals surface area (Å²) < 4.78 is 10.5. The topological polar surface area (TPSA) is 95.5 Å². The van der Waals surface area contributed by atoms with Crippen LogP contribution in [-0.4, -0.2) is 57.1 Å². The molecule has 1 aromatic carbocycles. The molecule has 0 radical (unpaired) electrons. The molecule has 152 valence electrons. The Kier molecular flexibility index (Phi) is 10.3. The van der Waals surface area contributed by atoms with Gasteiger partial charge in [-0.05, 0) is 50.3 Å². The van der Waals surface area contributed by atoms with E-state index < -0.39 is 6.04 Å². The third kappa shape index (κ3) is 7.86. The van der Waals surface area contributed by atoms with Crippen molar-refractivity contribution in [2.45, 2.75) is 45.1 Å². The number of rotatable bonds is 12. The first-order chi connectivity index (χ1) is 12.9. The van der Waals surface area contributed by atoms with Crippen LogP contribution in [-0.2, 0) is 16.0 Å². The summed E-state index contributed by atoms with van der Waals surface area (Å²) in [6, 6.07) is 5.19. The molecule has 0 fully saturated rings. The second-order valence-corrected chi connectivity index (χ2v) is 6.65. The van der Waals surface area contributed by atoms with E-state index in [0.29, 0.717) is 30.9 Å². The summed E-state index contributed by atoms with van der Waals surface area (Å²) in [5.74, 6) is 1.18. The van der Waals surface area contributed by atoms with Crippen LogP contribution in [0.15, 0.2) is 18.2 Å². The van der Waals surface area contributed by atoms with E-state index in [1.54, 1.807) is 33.1 Å². The van der Waals surface area contributed by atoms with Crippen molar-refractivity contribution in [1.82, 2.24) is 10.2 Å². The first-order valence-corrected chi connectivity index (χ1v) is 9.47. The van der Waals surface area contributed by atoms with Gasteiger partial charge in [0.25, 0.3) is 0 Å². The number of nitrogens with one attached hydrogen (secondary N) is 1. The van der Waals surface area contributed by atoms with Crippen molar-refractivity contribution >= 4 is 11.8 Å². The van der Waals surface area contributed by atoms with E-state index in [-0.39, 0.29) is 11.8 Å². The van der Waals surface area contributed by atoms with Gasteiger partial charge in [-0.25, -0.2) is 0 Å². The van der Waals surface area contributed by atoms with Crippen LogP contribution in [0.1, 0.15) is 38.2 Å². The molecule has 7 nitrogen and oxygen atoms in total. The molecule has 1 rings (SSSR count). The molecule has 0 saturated heterocycles. The molecular weight excluding hydrogens is 346 g/mol. The summed E-state index contributed by atoms with van der Waals surface area (Å²) in [7, 11) is 4.95. The monoisotopic (exact) mass is 380 g/mol. The lowest BCUT2D eigenvalue weighted by atomic mass is 10.1. The number of hydrogen-bond acceptors (Lipinski definition) is 4. The van der Waals surface area contributed by atoms with Crippen LogP contribution in [0.4, 0.5) is 0 Å². The Morgan fingerprint density at radius 3 is 2.48 bits per heavy atom. The van der Waals surface area contributed by atoms with Gasteiger partial charge in [0.1, 0.15) is 6.04 Å². The molecular formula is C20H34N3O4+. The molecule has 0 bridgehead atoms. The number of likely N-dealkylation sites (N-methyl/N-ethyl adjacent to an activating group) is 1. The van der Waals surface area contributed by atoms with E-state index in [9.17, 15) is 9.59 Å². The van der Waals surface area contributed by atoms with Crippen molar-refractivity contribution < 1.29 is 24.8 Å². The number of carbonyl (C=O) groups is 2. The minimum Gasteiger partial charge on any atom is -0.493 e. The Morgan fingerprint density at radius 2 is 1.85 bits per heavy atom. The normalized spacial score (nSPS) is 11.6. The maximum atomic E-state index is 12.5. The van der Waals surface area contributed by atoms with Gasteiger partial charge in [0.05, 0.1) is 20.8 Å². The molecule has 0 spiro atoms. The lowest BCUT2D eigenvalue weighted by Crippen LogP contribution is -2.50. The predicted molar refractivity (Wildman–Crippen MR) is 105 cm³/mol. The van der Waals surface area contributed by atoms with E-state index in [1.807, 2.05) is 18.2 Å². The smallest absolute Gasteiger partial charge is 0.244 e. The molecule has 0 aliphatic heterocycles. The Bertz CT molecular complexity index is 607. The highest BCUT2D eigenvalue weighted by Gasteiger charge is 2.19. The van der Waals surface area contributed by atoms with Crippen LogP contribution in [0.2, 0.25) is 0 Å². The van der Waals surface area contributed by atoms with Gasteiger partial charge in [-0.15, -0.1) is 0 Å². The first kappa shape index (κ1) is 22.8. The third-order valence-corrected chi connectivity index (χ3v) is 4.46. The molecule has 1 atom stereocenters. The fourth-order valence-corrected chi connectivity index (χ4v) is 2.79. The molecule has 2 amide bonds. The van der Waals surface area contributed by atoms with Crippen molar-refractivity contribution in [2.75, 3.05) is 34.4 Å². The highest BCUT2D eigenvalue weighted by atomic mass is 16.5. The molecule has 1 aromatic rings. The average molecular weight is 381 g/mol. The van der Waals surface area contributed by atoms with Gasteiger partial charge in [-0.2, -0.15) is 0 Å². The number of quaternary nitrogens is 1. The summed E-state index contributed by atoms with van der Waals surface area (Å²) in [6.45, 7) is 3.17. The Hall–Kier alpha value is -2.28. The molecule has 0 aliphatic carbocycles. The molecule has 4 N–H and O–H groups in total. The van der Waals surface area contributed by atoms with Crippen LogP contribution < -0.4 is 20.5 Å². The quantitative estimate of drug-likeness (QED) is 0.529. The van der Waals surface area contributed by atoms with Gasteiger partial charge in [0.2, 0.25) is 11.8 Å². The van der Waals surface area contributed by atoms with Crippen molar-refractivity contribution in [3.63, 3.8) is 0 Å². The zero-order chi connectivity index (χ0) is 20.2. The van der Waals surface area contributed by atoms with E-state index in [4.69, 9.17) is 9.47 Å². The summed E-state index contributed by atoms with van der Waals surface area (Å²) in [5.41, 5.74) is 4.84. The largest absolute Gasteiger partial charge is 0.493 e. The Morgan fingerprint density at radius 1 is 1.15 bits per heavy atom. The van der Waals surface area contributed by atoms with Gasteiger partial charge in [-0.1, -0.05) is 6.07 Å². The summed E-state index contributed by atoms with van der Waals surface area (Å²) >= 11 is 0. The molecule has 0 unspecified atom stereocenters. The standard InChI is InChI=1S/C20H33N3O4/c1-15(22-19(24)8-6-5-7-12-21)20(25)23(2)13-11-16-9-10-17(26-3)18(14-16)27-4/h9-10,14-15H,5-8,11-13,21H2,1-4H3,(H,22,24)/p+1/t15-/m1/s1.